The molecule has 112 valence electrons. The number of rotatable bonds is 4. The molecule has 19 heavy (non-hydrogen) atoms. The van der Waals surface area contributed by atoms with Crippen molar-refractivity contribution in [2.45, 2.75) is 51.7 Å². The summed E-state index contributed by atoms with van der Waals surface area (Å²) in [5.41, 5.74) is 5.41. The standard InChI is InChI=1S/C14H29N3O2/c1-14(2,3)19-13(18)16-10-11(9-15)12-7-5-6-8-17(12)4/h11-12H,5-10,15H2,1-4H3,(H,16,18). The molecular weight excluding hydrogens is 242 g/mol. The highest BCUT2D eigenvalue weighted by molar-refractivity contribution is 5.67. The Morgan fingerprint density at radius 2 is 2.16 bits per heavy atom. The van der Waals surface area contributed by atoms with Gasteiger partial charge in [0.05, 0.1) is 0 Å². The summed E-state index contributed by atoms with van der Waals surface area (Å²) in [7, 11) is 2.14. The van der Waals surface area contributed by atoms with Gasteiger partial charge in [0, 0.05) is 18.5 Å². The minimum atomic E-state index is -0.454. The molecule has 1 saturated heterocycles. The lowest BCUT2D eigenvalue weighted by Crippen LogP contribution is -2.48. The Bertz CT molecular complexity index is 289. The van der Waals surface area contributed by atoms with E-state index in [-0.39, 0.29) is 12.0 Å². The molecule has 1 rings (SSSR count). The Labute approximate surface area is 116 Å². The number of carbonyl (C=O) groups excluding carboxylic acids is 1. The quantitative estimate of drug-likeness (QED) is 0.814. The van der Waals surface area contributed by atoms with E-state index in [1.165, 1.54) is 12.8 Å². The fraction of sp³-hybridized carbons (Fsp3) is 0.929. The van der Waals surface area contributed by atoms with Gasteiger partial charge in [0.25, 0.3) is 0 Å². The molecule has 0 aromatic rings. The van der Waals surface area contributed by atoms with Crippen molar-refractivity contribution in [2.75, 3.05) is 26.7 Å². The molecular formula is C14H29N3O2. The topological polar surface area (TPSA) is 67.6 Å². The summed E-state index contributed by atoms with van der Waals surface area (Å²) in [6, 6.07) is 0.466. The average Bonchev–Trinajstić information content (AvgIpc) is 2.29. The second-order valence-corrected chi connectivity index (χ2v) is 6.42. The molecule has 2 unspecified atom stereocenters. The van der Waals surface area contributed by atoms with Crippen LogP contribution in [0.25, 0.3) is 0 Å². The Kier molecular flexibility index (Phi) is 6.07. The molecule has 2 atom stereocenters. The number of amides is 1. The van der Waals surface area contributed by atoms with Crippen LogP contribution < -0.4 is 11.1 Å². The molecule has 0 saturated carbocycles. The lowest BCUT2D eigenvalue weighted by molar-refractivity contribution is 0.0499. The van der Waals surface area contributed by atoms with Gasteiger partial charge in [0.2, 0.25) is 0 Å². The highest BCUT2D eigenvalue weighted by atomic mass is 16.6. The van der Waals surface area contributed by atoms with E-state index in [9.17, 15) is 4.79 Å². The molecule has 1 aliphatic heterocycles. The number of nitrogens with zero attached hydrogens (tertiary/aromatic N) is 1. The Balaban J connectivity index is 2.42. The first-order chi connectivity index (χ1) is 8.83. The van der Waals surface area contributed by atoms with Crippen LogP contribution in [0.1, 0.15) is 40.0 Å². The van der Waals surface area contributed by atoms with E-state index in [2.05, 4.69) is 17.3 Å². The Hall–Kier alpha value is -0.810. The van der Waals surface area contributed by atoms with Gasteiger partial charge in [-0.2, -0.15) is 0 Å². The summed E-state index contributed by atoms with van der Waals surface area (Å²) in [5, 5.41) is 2.84. The first-order valence-corrected chi connectivity index (χ1v) is 7.20. The third kappa shape index (κ3) is 5.78. The number of likely N-dealkylation sites (tertiary alicyclic amines) is 1. The first-order valence-electron chi connectivity index (χ1n) is 7.20. The third-order valence-corrected chi connectivity index (χ3v) is 3.58. The summed E-state index contributed by atoms with van der Waals surface area (Å²) in [6.07, 6.45) is 3.31. The summed E-state index contributed by atoms with van der Waals surface area (Å²) in [5.74, 6) is 0.290. The van der Waals surface area contributed by atoms with Crippen molar-refractivity contribution in [2.24, 2.45) is 11.7 Å². The first kappa shape index (κ1) is 16.2. The minimum absolute atomic E-state index is 0.290. The van der Waals surface area contributed by atoms with E-state index in [0.29, 0.717) is 19.1 Å². The van der Waals surface area contributed by atoms with Crippen molar-refractivity contribution in [3.63, 3.8) is 0 Å². The Morgan fingerprint density at radius 3 is 2.68 bits per heavy atom. The largest absolute Gasteiger partial charge is 0.444 e. The molecule has 0 spiro atoms. The third-order valence-electron chi connectivity index (χ3n) is 3.58. The molecule has 0 bridgehead atoms. The van der Waals surface area contributed by atoms with E-state index in [1.54, 1.807) is 0 Å². The maximum atomic E-state index is 11.7. The zero-order valence-corrected chi connectivity index (χ0v) is 12.7. The van der Waals surface area contributed by atoms with Gasteiger partial charge in [0.15, 0.2) is 0 Å². The molecule has 1 amide bonds. The maximum Gasteiger partial charge on any atom is 0.407 e. The van der Waals surface area contributed by atoms with Gasteiger partial charge in [-0.3, -0.25) is 0 Å². The molecule has 5 nitrogen and oxygen atoms in total. The van der Waals surface area contributed by atoms with Crippen LogP contribution in [0.4, 0.5) is 4.79 Å². The number of hydrogen-bond donors (Lipinski definition) is 2. The predicted molar refractivity (Wildman–Crippen MR) is 77.1 cm³/mol. The van der Waals surface area contributed by atoms with E-state index in [0.717, 1.165) is 13.0 Å². The van der Waals surface area contributed by atoms with Crippen LogP contribution in [0, 0.1) is 5.92 Å². The predicted octanol–water partition coefficient (Wildman–Crippen LogP) is 1.57. The number of nitrogens with one attached hydrogen (secondary N) is 1. The van der Waals surface area contributed by atoms with Crippen LogP contribution in [0.15, 0.2) is 0 Å². The summed E-state index contributed by atoms with van der Waals surface area (Å²) >= 11 is 0. The lowest BCUT2D eigenvalue weighted by Gasteiger charge is -2.37. The van der Waals surface area contributed by atoms with Crippen molar-refractivity contribution < 1.29 is 9.53 Å². The molecule has 1 aliphatic rings. The van der Waals surface area contributed by atoms with Gasteiger partial charge in [-0.1, -0.05) is 6.42 Å². The molecule has 1 fully saturated rings. The monoisotopic (exact) mass is 271 g/mol. The zero-order valence-electron chi connectivity index (χ0n) is 12.7. The molecule has 0 aromatic heterocycles. The zero-order chi connectivity index (χ0) is 14.5. The smallest absolute Gasteiger partial charge is 0.407 e. The number of carbonyl (C=O) groups is 1. The number of alkyl carbamates (subject to hydrolysis) is 1. The van der Waals surface area contributed by atoms with Crippen LogP contribution in [-0.4, -0.2) is 49.3 Å². The van der Waals surface area contributed by atoms with E-state index in [1.807, 2.05) is 20.8 Å². The van der Waals surface area contributed by atoms with E-state index < -0.39 is 5.60 Å². The van der Waals surface area contributed by atoms with Crippen molar-refractivity contribution in [3.8, 4) is 0 Å². The highest BCUT2D eigenvalue weighted by Gasteiger charge is 2.27. The van der Waals surface area contributed by atoms with Gasteiger partial charge in [-0.25, -0.2) is 4.79 Å². The van der Waals surface area contributed by atoms with Crippen LogP contribution in [-0.2, 0) is 4.74 Å². The van der Waals surface area contributed by atoms with Crippen molar-refractivity contribution in [1.29, 1.82) is 0 Å². The number of hydrogen-bond acceptors (Lipinski definition) is 4. The molecule has 1 heterocycles. The number of piperidine rings is 1. The van der Waals surface area contributed by atoms with Gasteiger partial charge >= 0.3 is 6.09 Å². The number of ether oxygens (including phenoxy) is 1. The minimum Gasteiger partial charge on any atom is -0.444 e. The van der Waals surface area contributed by atoms with Crippen molar-refractivity contribution >= 4 is 6.09 Å². The summed E-state index contributed by atoms with van der Waals surface area (Å²) in [6.45, 7) is 7.88. The van der Waals surface area contributed by atoms with Crippen molar-refractivity contribution in [1.82, 2.24) is 10.2 Å². The van der Waals surface area contributed by atoms with Gasteiger partial charge in [0.1, 0.15) is 5.60 Å². The van der Waals surface area contributed by atoms with Crippen LogP contribution >= 0.6 is 0 Å². The van der Waals surface area contributed by atoms with Crippen LogP contribution in [0.3, 0.4) is 0 Å². The highest BCUT2D eigenvalue weighted by Crippen LogP contribution is 2.21. The fourth-order valence-electron chi connectivity index (χ4n) is 2.60. The maximum absolute atomic E-state index is 11.7. The Morgan fingerprint density at radius 1 is 1.47 bits per heavy atom. The van der Waals surface area contributed by atoms with Crippen LogP contribution in [0.5, 0.6) is 0 Å². The van der Waals surface area contributed by atoms with Gasteiger partial charge < -0.3 is 20.7 Å². The van der Waals surface area contributed by atoms with E-state index in [4.69, 9.17) is 10.5 Å². The second-order valence-electron chi connectivity index (χ2n) is 6.42. The van der Waals surface area contributed by atoms with E-state index >= 15 is 0 Å². The SMILES string of the molecule is CN1CCCCC1C(CN)CNC(=O)OC(C)(C)C. The summed E-state index contributed by atoms with van der Waals surface area (Å²) in [4.78, 5) is 14.0. The number of nitrogens with two attached hydrogens (primary N) is 1. The normalized spacial score (nSPS) is 22.9. The molecule has 0 radical (unpaired) electrons. The second kappa shape index (κ2) is 7.10. The average molecular weight is 271 g/mol. The van der Waals surface area contributed by atoms with Crippen LogP contribution in [0.2, 0.25) is 0 Å². The molecule has 0 aliphatic carbocycles. The summed E-state index contributed by atoms with van der Waals surface area (Å²) < 4.78 is 5.24. The lowest BCUT2D eigenvalue weighted by atomic mass is 9.90. The molecule has 5 heteroatoms. The van der Waals surface area contributed by atoms with Crippen molar-refractivity contribution in [3.05, 3.63) is 0 Å². The molecule has 3 N–H and O–H groups in total. The van der Waals surface area contributed by atoms with Gasteiger partial charge in [-0.05, 0) is 53.8 Å². The van der Waals surface area contributed by atoms with Gasteiger partial charge in [-0.15, -0.1) is 0 Å². The molecule has 0 aromatic carbocycles. The fourth-order valence-corrected chi connectivity index (χ4v) is 2.60.